The number of aromatic nitrogens is 2. The van der Waals surface area contributed by atoms with E-state index in [-0.39, 0.29) is 18.1 Å². The molecule has 7 heteroatoms. The second kappa shape index (κ2) is 5.03. The Kier molecular flexibility index (Phi) is 3.17. The maximum Gasteiger partial charge on any atom is 0.239 e. The van der Waals surface area contributed by atoms with Crippen molar-refractivity contribution < 1.29 is 14.3 Å². The Morgan fingerprint density at radius 2 is 2.05 bits per heavy atom. The van der Waals surface area contributed by atoms with E-state index >= 15 is 0 Å². The molecule has 1 amide bonds. The summed E-state index contributed by atoms with van der Waals surface area (Å²) in [7, 11) is 0. The number of halogens is 1. The van der Waals surface area contributed by atoms with E-state index in [1.807, 2.05) is 0 Å². The number of hydrogen-bond acceptors (Lipinski definition) is 4. The van der Waals surface area contributed by atoms with Crippen molar-refractivity contribution in [2.24, 2.45) is 5.73 Å². The third kappa shape index (κ3) is 2.32. The Bertz CT molecular complexity index is 889. The molecule has 3 aromatic rings. The van der Waals surface area contributed by atoms with E-state index in [9.17, 15) is 14.3 Å². The van der Waals surface area contributed by atoms with Gasteiger partial charge < -0.3 is 16.6 Å². The molecular weight excluding hydrogens is 287 g/mol. The van der Waals surface area contributed by atoms with E-state index in [0.717, 1.165) is 0 Å². The van der Waals surface area contributed by atoms with Gasteiger partial charge in [-0.15, -0.1) is 0 Å². The number of nitrogen functional groups attached to an aromatic ring is 1. The smallest absolute Gasteiger partial charge is 0.239 e. The molecule has 112 valence electrons. The zero-order valence-electron chi connectivity index (χ0n) is 11.5. The van der Waals surface area contributed by atoms with E-state index in [0.29, 0.717) is 22.0 Å². The fourth-order valence-electron chi connectivity index (χ4n) is 2.37. The Morgan fingerprint density at radius 3 is 2.77 bits per heavy atom. The second-order valence-corrected chi connectivity index (χ2v) is 4.90. The fourth-order valence-corrected chi connectivity index (χ4v) is 2.37. The van der Waals surface area contributed by atoms with Gasteiger partial charge in [0, 0.05) is 10.9 Å². The number of carbonyl (C=O) groups excluding carboxylic acids is 1. The highest BCUT2D eigenvalue weighted by molar-refractivity contribution is 5.93. The summed E-state index contributed by atoms with van der Waals surface area (Å²) >= 11 is 0. The molecule has 6 nitrogen and oxygen atoms in total. The summed E-state index contributed by atoms with van der Waals surface area (Å²) < 4.78 is 14.8. The van der Waals surface area contributed by atoms with Gasteiger partial charge in [-0.05, 0) is 35.9 Å². The molecule has 1 aromatic heterocycles. The van der Waals surface area contributed by atoms with E-state index in [2.05, 4.69) is 5.10 Å². The molecule has 2 aromatic carbocycles. The summed E-state index contributed by atoms with van der Waals surface area (Å²) in [5, 5.41) is 14.6. The maximum atomic E-state index is 13.4. The molecule has 0 aliphatic carbocycles. The van der Waals surface area contributed by atoms with Crippen molar-refractivity contribution in [2.45, 2.75) is 6.54 Å². The number of hydrogen-bond donors (Lipinski definition) is 3. The molecule has 0 bridgehead atoms. The summed E-state index contributed by atoms with van der Waals surface area (Å²) in [5.74, 6) is -0.789. The highest BCUT2D eigenvalue weighted by atomic mass is 19.1. The van der Waals surface area contributed by atoms with E-state index in [4.69, 9.17) is 11.5 Å². The predicted molar refractivity (Wildman–Crippen MR) is 80.4 cm³/mol. The number of amides is 1. The minimum atomic E-state index is -0.552. The number of rotatable bonds is 3. The molecule has 0 unspecified atom stereocenters. The highest BCUT2D eigenvalue weighted by Crippen LogP contribution is 2.33. The summed E-state index contributed by atoms with van der Waals surface area (Å²) in [6, 6.07) is 8.76. The van der Waals surface area contributed by atoms with Gasteiger partial charge in [0.25, 0.3) is 0 Å². The summed E-state index contributed by atoms with van der Waals surface area (Å²) in [4.78, 5) is 11.1. The molecule has 0 saturated heterocycles. The van der Waals surface area contributed by atoms with Crippen molar-refractivity contribution in [3.63, 3.8) is 0 Å². The fraction of sp³-hybridized carbons (Fsp3) is 0.0667. The van der Waals surface area contributed by atoms with Crippen LogP contribution in [0.3, 0.4) is 0 Å². The van der Waals surface area contributed by atoms with Gasteiger partial charge in [0.05, 0.1) is 5.52 Å². The first-order chi connectivity index (χ1) is 10.5. The standard InChI is InChI=1S/C15H13FN4O2/c16-9-2-4-13(21)11(6-9)8-1-3-10-12(5-8)20(7-14(17)22)19-15(10)18/h1-6,21H,7H2,(H2,17,22)(H2,18,19). The van der Waals surface area contributed by atoms with Crippen LogP contribution in [0.15, 0.2) is 36.4 Å². The SMILES string of the molecule is NC(=O)Cn1nc(N)c2ccc(-c3cc(F)ccc3O)cc21. The summed E-state index contributed by atoms with van der Waals surface area (Å²) in [6.07, 6.45) is 0. The average Bonchev–Trinajstić information content (AvgIpc) is 2.77. The summed E-state index contributed by atoms with van der Waals surface area (Å²) in [6.45, 7) is -0.119. The van der Waals surface area contributed by atoms with Crippen LogP contribution in [0, 0.1) is 5.82 Å². The third-order valence-electron chi connectivity index (χ3n) is 3.36. The Morgan fingerprint density at radius 1 is 1.27 bits per heavy atom. The van der Waals surface area contributed by atoms with Crippen molar-refractivity contribution in [3.8, 4) is 16.9 Å². The van der Waals surface area contributed by atoms with Gasteiger partial charge in [-0.1, -0.05) is 6.07 Å². The molecule has 22 heavy (non-hydrogen) atoms. The van der Waals surface area contributed by atoms with Gasteiger partial charge in [0.2, 0.25) is 5.91 Å². The largest absolute Gasteiger partial charge is 0.507 e. The number of fused-ring (bicyclic) bond motifs is 1. The van der Waals surface area contributed by atoms with Gasteiger partial charge in [0.1, 0.15) is 18.1 Å². The number of nitrogens with two attached hydrogens (primary N) is 2. The van der Waals surface area contributed by atoms with Crippen LogP contribution in [-0.2, 0) is 11.3 Å². The molecule has 5 N–H and O–H groups in total. The van der Waals surface area contributed by atoms with Gasteiger partial charge in [-0.25, -0.2) is 4.39 Å². The van der Waals surface area contributed by atoms with Crippen LogP contribution in [0.5, 0.6) is 5.75 Å². The minimum absolute atomic E-state index is 0.0466. The van der Waals surface area contributed by atoms with Crippen LogP contribution < -0.4 is 11.5 Å². The van der Waals surface area contributed by atoms with Gasteiger partial charge >= 0.3 is 0 Å². The van der Waals surface area contributed by atoms with E-state index in [1.54, 1.807) is 18.2 Å². The first-order valence-corrected chi connectivity index (χ1v) is 6.49. The lowest BCUT2D eigenvalue weighted by molar-refractivity contribution is -0.118. The van der Waals surface area contributed by atoms with Gasteiger partial charge in [0.15, 0.2) is 5.82 Å². The van der Waals surface area contributed by atoms with Crippen molar-refractivity contribution in [1.82, 2.24) is 9.78 Å². The molecule has 3 rings (SSSR count). The second-order valence-electron chi connectivity index (χ2n) is 4.90. The highest BCUT2D eigenvalue weighted by Gasteiger charge is 2.13. The number of anilines is 1. The van der Waals surface area contributed by atoms with Crippen LogP contribution >= 0.6 is 0 Å². The minimum Gasteiger partial charge on any atom is -0.507 e. The molecular formula is C15H13FN4O2. The van der Waals surface area contributed by atoms with Crippen LogP contribution in [-0.4, -0.2) is 20.8 Å². The Labute approximate surface area is 124 Å². The van der Waals surface area contributed by atoms with Crippen LogP contribution in [0.1, 0.15) is 0 Å². The Hall–Kier alpha value is -3.09. The lowest BCUT2D eigenvalue weighted by atomic mass is 10.0. The number of primary amides is 1. The third-order valence-corrected chi connectivity index (χ3v) is 3.36. The summed E-state index contributed by atoms with van der Waals surface area (Å²) in [5.41, 5.74) is 12.5. The monoisotopic (exact) mass is 300 g/mol. The number of benzene rings is 2. The zero-order chi connectivity index (χ0) is 15.9. The van der Waals surface area contributed by atoms with E-state index in [1.165, 1.54) is 22.9 Å². The number of carbonyl (C=O) groups is 1. The molecule has 0 aliphatic rings. The quantitative estimate of drug-likeness (QED) is 0.683. The van der Waals surface area contributed by atoms with Crippen molar-refractivity contribution in [1.29, 1.82) is 0 Å². The average molecular weight is 300 g/mol. The lowest BCUT2D eigenvalue weighted by Gasteiger charge is -2.06. The number of phenolic OH excluding ortho intramolecular Hbond substituents is 1. The topological polar surface area (TPSA) is 107 Å². The molecule has 0 radical (unpaired) electrons. The normalized spacial score (nSPS) is 11.0. The predicted octanol–water partition coefficient (Wildman–Crippen LogP) is 1.62. The zero-order valence-corrected chi connectivity index (χ0v) is 11.5. The first kappa shape index (κ1) is 13.9. The molecule has 0 fully saturated rings. The molecule has 0 spiro atoms. The van der Waals surface area contributed by atoms with Crippen molar-refractivity contribution in [2.75, 3.05) is 5.73 Å². The van der Waals surface area contributed by atoms with Crippen LogP contribution in [0.25, 0.3) is 22.0 Å². The first-order valence-electron chi connectivity index (χ1n) is 6.49. The Balaban J connectivity index is 2.20. The maximum absolute atomic E-state index is 13.4. The number of phenols is 1. The molecule has 0 atom stereocenters. The van der Waals surface area contributed by atoms with Crippen molar-refractivity contribution >= 4 is 22.6 Å². The molecule has 0 aliphatic heterocycles. The van der Waals surface area contributed by atoms with Gasteiger partial charge in [-0.2, -0.15) is 5.10 Å². The van der Waals surface area contributed by atoms with Crippen LogP contribution in [0.2, 0.25) is 0 Å². The number of nitrogens with zero attached hydrogens (tertiary/aromatic N) is 2. The van der Waals surface area contributed by atoms with Gasteiger partial charge in [-0.3, -0.25) is 9.48 Å². The van der Waals surface area contributed by atoms with Crippen LogP contribution in [0.4, 0.5) is 10.2 Å². The lowest BCUT2D eigenvalue weighted by Crippen LogP contribution is -2.19. The van der Waals surface area contributed by atoms with E-state index < -0.39 is 11.7 Å². The molecule has 0 saturated carbocycles. The van der Waals surface area contributed by atoms with Crippen molar-refractivity contribution in [3.05, 3.63) is 42.2 Å². The number of aromatic hydroxyl groups is 1. The molecule has 1 heterocycles.